The van der Waals surface area contributed by atoms with Crippen LogP contribution in [0.25, 0.3) is 0 Å². The highest BCUT2D eigenvalue weighted by atomic mass is 19.2. The number of fused-ring (bicyclic) bond motifs is 2. The van der Waals surface area contributed by atoms with E-state index in [4.69, 9.17) is 4.74 Å². The summed E-state index contributed by atoms with van der Waals surface area (Å²) < 4.78 is 34.9. The van der Waals surface area contributed by atoms with Crippen molar-refractivity contribution in [1.29, 1.82) is 0 Å². The van der Waals surface area contributed by atoms with Gasteiger partial charge in [-0.15, -0.1) is 5.10 Å². The molecule has 3 aromatic rings. The van der Waals surface area contributed by atoms with Crippen LogP contribution in [0.15, 0.2) is 30.6 Å². The number of hydrogen-bond acceptors (Lipinski definition) is 7. The fourth-order valence-electron chi connectivity index (χ4n) is 4.85. The molecule has 33 heavy (non-hydrogen) atoms. The van der Waals surface area contributed by atoms with Gasteiger partial charge in [-0.3, -0.25) is 0 Å². The molecule has 2 aromatic heterocycles. The van der Waals surface area contributed by atoms with Gasteiger partial charge in [-0.25, -0.2) is 19.0 Å². The predicted molar refractivity (Wildman–Crippen MR) is 119 cm³/mol. The van der Waals surface area contributed by atoms with E-state index in [1.165, 1.54) is 12.1 Å². The van der Waals surface area contributed by atoms with E-state index in [0.29, 0.717) is 17.8 Å². The van der Waals surface area contributed by atoms with Crippen molar-refractivity contribution in [1.82, 2.24) is 24.7 Å². The van der Waals surface area contributed by atoms with Crippen LogP contribution in [0, 0.1) is 30.4 Å². The predicted octanol–water partition coefficient (Wildman–Crippen LogP) is 4.35. The smallest absolute Gasteiger partial charge is 0.322 e. The lowest BCUT2D eigenvalue weighted by Gasteiger charge is -2.38. The lowest BCUT2D eigenvalue weighted by molar-refractivity contribution is 0.352. The summed E-state index contributed by atoms with van der Waals surface area (Å²) in [5.74, 6) is 0.0189. The van der Waals surface area contributed by atoms with Gasteiger partial charge in [-0.1, -0.05) is 6.07 Å². The van der Waals surface area contributed by atoms with Crippen LogP contribution >= 0.6 is 0 Å². The van der Waals surface area contributed by atoms with Gasteiger partial charge in [0, 0.05) is 30.9 Å². The molecule has 2 aliphatic rings. The summed E-state index contributed by atoms with van der Waals surface area (Å²) in [6.07, 6.45) is 3.85. The first-order valence-electron chi connectivity index (χ1n) is 11.3. The summed E-state index contributed by atoms with van der Waals surface area (Å²) in [5.41, 5.74) is 0.957. The van der Waals surface area contributed by atoms with Gasteiger partial charge in [0.2, 0.25) is 11.8 Å². The average molecular weight is 456 g/mol. The molecule has 0 amide bonds. The third-order valence-corrected chi connectivity index (χ3v) is 6.45. The quantitative estimate of drug-likeness (QED) is 0.592. The van der Waals surface area contributed by atoms with Crippen molar-refractivity contribution in [3.05, 3.63) is 47.9 Å². The summed E-state index contributed by atoms with van der Waals surface area (Å²) in [5, 5.41) is 8.06. The molecule has 1 aliphatic carbocycles. The Bertz CT molecular complexity index is 1140. The van der Waals surface area contributed by atoms with Gasteiger partial charge in [0.1, 0.15) is 12.1 Å². The summed E-state index contributed by atoms with van der Waals surface area (Å²) in [7, 11) is 0. The zero-order chi connectivity index (χ0) is 23.1. The molecular formula is C23H27F2N7O. The van der Waals surface area contributed by atoms with E-state index in [2.05, 4.69) is 30.3 Å². The van der Waals surface area contributed by atoms with Crippen LogP contribution in [-0.2, 0) is 0 Å². The Kier molecular flexibility index (Phi) is 5.59. The normalized spacial score (nSPS) is 22.1. The average Bonchev–Trinajstić information content (AvgIpc) is 3.27. The summed E-state index contributed by atoms with van der Waals surface area (Å²) in [4.78, 5) is 15.5. The SMILES string of the molecule is Cc1cc(N2C[C@H]3CC[C@@H](C2)[C@@H]3Nc2nc(Oc3cccc(F)c3F)n(C(C)C)n2)ncn1. The van der Waals surface area contributed by atoms with Crippen molar-refractivity contribution in [2.45, 2.75) is 45.7 Å². The van der Waals surface area contributed by atoms with E-state index in [-0.39, 0.29) is 23.8 Å². The van der Waals surface area contributed by atoms with Gasteiger partial charge in [-0.05, 0) is 57.6 Å². The van der Waals surface area contributed by atoms with Crippen LogP contribution in [0.2, 0.25) is 0 Å². The molecule has 1 N–H and O–H groups in total. The molecule has 2 fully saturated rings. The molecule has 5 rings (SSSR count). The van der Waals surface area contributed by atoms with Gasteiger partial charge in [0.25, 0.3) is 0 Å². The standard InChI is InChI=1S/C23H27F2N7O/c1-13(2)32-23(33-18-6-4-5-17(24)20(18)25)29-22(30-32)28-21-15-7-8-16(21)11-31(10-15)19-9-14(3)26-12-27-19/h4-6,9,12-13,15-16,21H,7-8,10-11H2,1-3H3,(H,28,30)/t15-,16+,21-. The second kappa shape index (κ2) is 8.57. The molecule has 2 bridgehead atoms. The van der Waals surface area contributed by atoms with Crippen molar-refractivity contribution in [3.63, 3.8) is 0 Å². The number of anilines is 2. The molecule has 1 aliphatic heterocycles. The Morgan fingerprint density at radius 2 is 1.88 bits per heavy atom. The number of nitrogens with zero attached hydrogens (tertiary/aromatic N) is 6. The molecule has 8 nitrogen and oxygen atoms in total. The first-order valence-corrected chi connectivity index (χ1v) is 11.3. The van der Waals surface area contributed by atoms with E-state index in [0.717, 1.165) is 43.5 Å². The molecular weight excluding hydrogens is 428 g/mol. The molecule has 1 saturated heterocycles. The Balaban J connectivity index is 1.34. The lowest BCUT2D eigenvalue weighted by atomic mass is 9.92. The fraction of sp³-hybridized carbons (Fsp3) is 0.478. The number of ether oxygens (including phenoxy) is 1. The zero-order valence-electron chi connectivity index (χ0n) is 18.9. The van der Waals surface area contributed by atoms with E-state index < -0.39 is 11.6 Å². The van der Waals surface area contributed by atoms with Crippen LogP contribution < -0.4 is 15.0 Å². The van der Waals surface area contributed by atoms with Gasteiger partial charge < -0.3 is 15.0 Å². The number of rotatable bonds is 6. The molecule has 0 unspecified atom stereocenters. The molecule has 1 saturated carbocycles. The second-order valence-electron chi connectivity index (χ2n) is 9.10. The first kappa shape index (κ1) is 21.5. The molecule has 3 heterocycles. The Labute approximate surface area is 191 Å². The monoisotopic (exact) mass is 455 g/mol. The van der Waals surface area contributed by atoms with Crippen molar-refractivity contribution in [2.75, 3.05) is 23.3 Å². The molecule has 1 aromatic carbocycles. The van der Waals surface area contributed by atoms with E-state index in [1.54, 1.807) is 11.0 Å². The highest BCUT2D eigenvalue weighted by Crippen LogP contribution is 2.40. The van der Waals surface area contributed by atoms with E-state index in [9.17, 15) is 8.78 Å². The van der Waals surface area contributed by atoms with Crippen molar-refractivity contribution >= 4 is 11.8 Å². The minimum Gasteiger partial charge on any atom is -0.421 e. The van der Waals surface area contributed by atoms with Gasteiger partial charge in [-0.2, -0.15) is 9.37 Å². The molecule has 174 valence electrons. The number of halogens is 2. The topological polar surface area (TPSA) is 81.0 Å². The molecule has 0 spiro atoms. The first-order chi connectivity index (χ1) is 15.9. The van der Waals surface area contributed by atoms with E-state index in [1.807, 2.05) is 26.8 Å². The number of nitrogens with one attached hydrogen (secondary N) is 1. The lowest BCUT2D eigenvalue weighted by Crippen LogP contribution is -2.48. The third kappa shape index (κ3) is 4.21. The summed E-state index contributed by atoms with van der Waals surface area (Å²) in [6.45, 7) is 7.62. The highest BCUT2D eigenvalue weighted by Gasteiger charge is 2.43. The van der Waals surface area contributed by atoms with Gasteiger partial charge in [0.05, 0.1) is 6.04 Å². The van der Waals surface area contributed by atoms with Crippen molar-refractivity contribution in [2.24, 2.45) is 11.8 Å². The Morgan fingerprint density at radius 3 is 2.58 bits per heavy atom. The zero-order valence-corrected chi connectivity index (χ0v) is 18.9. The van der Waals surface area contributed by atoms with Crippen LogP contribution in [0.5, 0.6) is 11.8 Å². The highest BCUT2D eigenvalue weighted by molar-refractivity contribution is 5.42. The minimum atomic E-state index is -1.05. The van der Waals surface area contributed by atoms with Crippen molar-refractivity contribution in [3.8, 4) is 11.8 Å². The molecule has 3 atom stereocenters. The maximum atomic E-state index is 14.1. The number of aromatic nitrogens is 5. The second-order valence-corrected chi connectivity index (χ2v) is 9.10. The minimum absolute atomic E-state index is 0.0701. The maximum absolute atomic E-state index is 14.1. The maximum Gasteiger partial charge on any atom is 0.322 e. The van der Waals surface area contributed by atoms with Crippen LogP contribution in [-0.4, -0.2) is 43.9 Å². The summed E-state index contributed by atoms with van der Waals surface area (Å²) >= 11 is 0. The number of benzene rings is 1. The third-order valence-electron chi connectivity index (χ3n) is 6.45. The molecule has 0 radical (unpaired) electrons. The van der Waals surface area contributed by atoms with Crippen molar-refractivity contribution < 1.29 is 13.5 Å². The largest absolute Gasteiger partial charge is 0.421 e. The van der Waals surface area contributed by atoms with Gasteiger partial charge >= 0.3 is 6.01 Å². The van der Waals surface area contributed by atoms with Crippen LogP contribution in [0.3, 0.4) is 0 Å². The Morgan fingerprint density at radius 1 is 1.12 bits per heavy atom. The number of piperidine rings is 1. The van der Waals surface area contributed by atoms with Crippen LogP contribution in [0.4, 0.5) is 20.5 Å². The van der Waals surface area contributed by atoms with Gasteiger partial charge in [0.15, 0.2) is 11.6 Å². The molecule has 10 heteroatoms. The summed E-state index contributed by atoms with van der Waals surface area (Å²) in [6, 6.07) is 6.12. The van der Waals surface area contributed by atoms with E-state index >= 15 is 0 Å². The number of aryl methyl sites for hydroxylation is 1. The number of hydrogen-bond donors (Lipinski definition) is 1. The Hall–Kier alpha value is -3.30. The fourth-order valence-corrected chi connectivity index (χ4v) is 4.85. The van der Waals surface area contributed by atoms with Crippen LogP contribution in [0.1, 0.15) is 38.4 Å².